The van der Waals surface area contributed by atoms with Crippen molar-refractivity contribution in [3.05, 3.63) is 106 Å². The van der Waals surface area contributed by atoms with Gasteiger partial charge in [-0.05, 0) is 36.2 Å². The second-order valence-electron chi connectivity index (χ2n) is 7.27. The number of benzene rings is 3. The van der Waals surface area contributed by atoms with Crippen molar-refractivity contribution in [2.24, 2.45) is 0 Å². The second kappa shape index (κ2) is 8.17. The number of aryl methyl sites for hydroxylation is 1. The van der Waals surface area contributed by atoms with Crippen LogP contribution in [0, 0.1) is 6.92 Å². The van der Waals surface area contributed by atoms with Crippen LogP contribution >= 0.6 is 11.6 Å². The van der Waals surface area contributed by atoms with Gasteiger partial charge in [-0.3, -0.25) is 14.5 Å². The van der Waals surface area contributed by atoms with Crippen molar-refractivity contribution in [1.29, 1.82) is 0 Å². The summed E-state index contributed by atoms with van der Waals surface area (Å²) in [6, 6.07) is 24.4. The first kappa shape index (κ1) is 19.9. The fraction of sp³-hybridized carbons (Fsp3) is 0.120. The topological polar surface area (TPSA) is 40.6 Å². The Morgan fingerprint density at radius 1 is 0.833 bits per heavy atom. The molecule has 4 nitrogen and oxygen atoms in total. The minimum atomic E-state index is -0.332. The van der Waals surface area contributed by atoms with Gasteiger partial charge in [0.15, 0.2) is 0 Å². The number of imide groups is 1. The molecule has 0 bridgehead atoms. The van der Waals surface area contributed by atoms with E-state index in [2.05, 4.69) is 0 Å². The van der Waals surface area contributed by atoms with E-state index in [0.717, 1.165) is 22.4 Å². The highest BCUT2D eigenvalue weighted by molar-refractivity contribution is 6.37. The van der Waals surface area contributed by atoms with Gasteiger partial charge in [0.1, 0.15) is 5.70 Å². The van der Waals surface area contributed by atoms with E-state index < -0.39 is 0 Å². The standard InChI is InChI=1S/C25H21ClN2O2/c1-17-12-14-18(15-13-17)22-23(27(2)20-9-4-3-5-10-20)25(30)28(24(22)29)16-19-8-6-7-11-21(19)26/h3-15H,16H2,1-2H3. The molecule has 0 fully saturated rings. The van der Waals surface area contributed by atoms with Crippen molar-refractivity contribution in [2.45, 2.75) is 13.5 Å². The molecule has 4 rings (SSSR count). The van der Waals surface area contributed by atoms with E-state index in [9.17, 15) is 9.59 Å². The predicted octanol–water partition coefficient (Wildman–Crippen LogP) is 5.06. The maximum Gasteiger partial charge on any atom is 0.278 e. The quantitative estimate of drug-likeness (QED) is 0.545. The van der Waals surface area contributed by atoms with Crippen LogP contribution < -0.4 is 4.90 Å². The van der Waals surface area contributed by atoms with E-state index in [1.807, 2.05) is 86.8 Å². The Balaban J connectivity index is 1.80. The van der Waals surface area contributed by atoms with Crippen molar-refractivity contribution >= 4 is 34.7 Å². The van der Waals surface area contributed by atoms with Crippen LogP contribution in [0.25, 0.3) is 5.57 Å². The first-order valence-electron chi connectivity index (χ1n) is 9.67. The summed E-state index contributed by atoms with van der Waals surface area (Å²) in [5.74, 6) is -0.650. The molecule has 5 heteroatoms. The summed E-state index contributed by atoms with van der Waals surface area (Å²) in [4.78, 5) is 29.9. The van der Waals surface area contributed by atoms with Gasteiger partial charge in [-0.25, -0.2) is 0 Å². The Labute approximate surface area is 181 Å². The first-order valence-corrected chi connectivity index (χ1v) is 10.0. The molecule has 0 saturated carbocycles. The van der Waals surface area contributed by atoms with Crippen LogP contribution in [0.5, 0.6) is 0 Å². The molecule has 0 radical (unpaired) electrons. The average molecular weight is 417 g/mol. The first-order chi connectivity index (χ1) is 14.5. The fourth-order valence-corrected chi connectivity index (χ4v) is 3.77. The van der Waals surface area contributed by atoms with E-state index in [1.165, 1.54) is 4.90 Å². The molecule has 30 heavy (non-hydrogen) atoms. The number of amides is 2. The van der Waals surface area contributed by atoms with Crippen LogP contribution in [0.1, 0.15) is 16.7 Å². The fourth-order valence-electron chi connectivity index (χ4n) is 3.58. The van der Waals surface area contributed by atoms with Crippen LogP contribution in [-0.4, -0.2) is 23.8 Å². The molecule has 1 aliphatic rings. The van der Waals surface area contributed by atoms with Crippen molar-refractivity contribution < 1.29 is 9.59 Å². The maximum atomic E-state index is 13.5. The lowest BCUT2D eigenvalue weighted by Crippen LogP contribution is -2.33. The zero-order valence-corrected chi connectivity index (χ0v) is 17.6. The highest BCUT2D eigenvalue weighted by Crippen LogP contribution is 2.34. The van der Waals surface area contributed by atoms with Crippen LogP contribution in [0.15, 0.2) is 84.6 Å². The molecule has 3 aromatic carbocycles. The summed E-state index contributed by atoms with van der Waals surface area (Å²) in [5, 5.41) is 0.528. The van der Waals surface area contributed by atoms with Gasteiger partial charge in [0, 0.05) is 17.8 Å². The minimum absolute atomic E-state index is 0.124. The molecule has 0 aromatic heterocycles. The van der Waals surface area contributed by atoms with Gasteiger partial charge in [-0.15, -0.1) is 0 Å². The van der Waals surface area contributed by atoms with Gasteiger partial charge in [0.05, 0.1) is 12.1 Å². The number of carbonyl (C=O) groups excluding carboxylic acids is 2. The molecule has 1 heterocycles. The summed E-state index contributed by atoms with van der Waals surface area (Å²) >= 11 is 6.29. The number of halogens is 1. The van der Waals surface area contributed by atoms with Gasteiger partial charge in [-0.2, -0.15) is 0 Å². The lowest BCUT2D eigenvalue weighted by molar-refractivity contribution is -0.137. The summed E-state index contributed by atoms with van der Waals surface area (Å²) in [5.41, 5.74) is 4.13. The van der Waals surface area contributed by atoms with Crippen LogP contribution in [0.3, 0.4) is 0 Å². The molecule has 0 atom stereocenters. The Morgan fingerprint density at radius 3 is 2.13 bits per heavy atom. The summed E-state index contributed by atoms with van der Waals surface area (Å²) in [6.45, 7) is 2.11. The molecule has 0 spiro atoms. The number of nitrogens with zero attached hydrogens (tertiary/aromatic N) is 2. The Morgan fingerprint density at radius 2 is 1.47 bits per heavy atom. The van der Waals surface area contributed by atoms with Crippen LogP contribution in [0.2, 0.25) is 5.02 Å². The van der Waals surface area contributed by atoms with Crippen LogP contribution in [-0.2, 0) is 16.1 Å². The van der Waals surface area contributed by atoms with Gasteiger partial charge >= 0.3 is 0 Å². The van der Waals surface area contributed by atoms with E-state index >= 15 is 0 Å². The van der Waals surface area contributed by atoms with Crippen molar-refractivity contribution in [3.63, 3.8) is 0 Å². The van der Waals surface area contributed by atoms with Gasteiger partial charge in [0.25, 0.3) is 11.8 Å². The molecule has 0 unspecified atom stereocenters. The molecule has 2 amide bonds. The van der Waals surface area contributed by atoms with E-state index in [1.54, 1.807) is 11.0 Å². The molecule has 150 valence electrons. The third-order valence-electron chi connectivity index (χ3n) is 5.25. The Bertz CT molecular complexity index is 1140. The number of likely N-dealkylation sites (N-methyl/N-ethyl adjacent to an activating group) is 1. The van der Waals surface area contributed by atoms with Gasteiger partial charge in [-0.1, -0.05) is 77.8 Å². The molecule has 3 aromatic rings. The minimum Gasteiger partial charge on any atom is -0.339 e. The smallest absolute Gasteiger partial charge is 0.278 e. The Hall–Kier alpha value is -3.37. The van der Waals surface area contributed by atoms with Crippen molar-refractivity contribution in [2.75, 3.05) is 11.9 Å². The van der Waals surface area contributed by atoms with E-state index in [4.69, 9.17) is 11.6 Å². The predicted molar refractivity (Wildman–Crippen MR) is 120 cm³/mol. The number of rotatable bonds is 5. The molecule has 0 saturated heterocycles. The zero-order valence-electron chi connectivity index (χ0n) is 16.8. The molecule has 1 aliphatic heterocycles. The van der Waals surface area contributed by atoms with Gasteiger partial charge in [0.2, 0.25) is 0 Å². The third kappa shape index (κ3) is 3.62. The maximum absolute atomic E-state index is 13.5. The molecular formula is C25H21ClN2O2. The largest absolute Gasteiger partial charge is 0.339 e. The second-order valence-corrected chi connectivity index (χ2v) is 7.68. The Kier molecular flexibility index (Phi) is 5.42. The third-order valence-corrected chi connectivity index (χ3v) is 5.62. The van der Waals surface area contributed by atoms with Gasteiger partial charge < -0.3 is 4.90 Å². The molecule has 0 N–H and O–H groups in total. The average Bonchev–Trinajstić information content (AvgIpc) is 3.00. The number of anilines is 1. The molecule has 0 aliphatic carbocycles. The zero-order chi connectivity index (χ0) is 21.3. The number of hydrogen-bond acceptors (Lipinski definition) is 3. The summed E-state index contributed by atoms with van der Waals surface area (Å²) in [7, 11) is 1.81. The number of carbonyl (C=O) groups is 2. The normalized spacial score (nSPS) is 13.9. The van der Waals surface area contributed by atoms with Crippen molar-refractivity contribution in [3.8, 4) is 0 Å². The van der Waals surface area contributed by atoms with Crippen molar-refractivity contribution in [1.82, 2.24) is 4.90 Å². The summed E-state index contributed by atoms with van der Waals surface area (Å²) in [6.07, 6.45) is 0. The highest BCUT2D eigenvalue weighted by atomic mass is 35.5. The van der Waals surface area contributed by atoms with Crippen LogP contribution in [0.4, 0.5) is 5.69 Å². The number of para-hydroxylation sites is 1. The van der Waals surface area contributed by atoms with E-state index in [-0.39, 0.29) is 18.4 Å². The molecular weight excluding hydrogens is 396 g/mol. The number of hydrogen-bond donors (Lipinski definition) is 0. The lowest BCUT2D eigenvalue weighted by atomic mass is 10.0. The van der Waals surface area contributed by atoms with E-state index in [0.29, 0.717) is 16.3 Å². The lowest BCUT2D eigenvalue weighted by Gasteiger charge is -2.21. The summed E-state index contributed by atoms with van der Waals surface area (Å²) < 4.78 is 0. The monoisotopic (exact) mass is 416 g/mol. The highest BCUT2D eigenvalue weighted by Gasteiger charge is 2.41. The SMILES string of the molecule is Cc1ccc(C2=C(N(C)c3ccccc3)C(=O)N(Cc3ccccc3Cl)C2=O)cc1.